The Morgan fingerprint density at radius 1 is 1.25 bits per heavy atom. The molecule has 0 radical (unpaired) electrons. The minimum atomic E-state index is -1.76. The monoisotopic (exact) mass is 305 g/mol. The predicted molar refractivity (Wildman–Crippen MR) is 83.3 cm³/mol. The van der Waals surface area contributed by atoms with Crippen molar-refractivity contribution >= 4 is 14.3 Å². The van der Waals surface area contributed by atoms with E-state index in [0.29, 0.717) is 26.3 Å². The van der Waals surface area contributed by atoms with E-state index in [0.717, 1.165) is 0 Å². The van der Waals surface area contributed by atoms with Gasteiger partial charge in [0.2, 0.25) is 0 Å². The van der Waals surface area contributed by atoms with Gasteiger partial charge in [0, 0.05) is 19.7 Å². The van der Waals surface area contributed by atoms with Crippen LogP contribution < -0.4 is 0 Å². The van der Waals surface area contributed by atoms with Crippen molar-refractivity contribution in [3.05, 3.63) is 0 Å². The van der Waals surface area contributed by atoms with E-state index in [2.05, 4.69) is 33.9 Å². The number of carbonyl (C=O) groups excluding carboxylic acids is 1. The first kappa shape index (κ1) is 19.6. The molecule has 120 valence electrons. The lowest BCUT2D eigenvalue weighted by atomic mass is 10.2. The molecule has 0 atom stereocenters. The van der Waals surface area contributed by atoms with Crippen LogP contribution in [0.4, 0.5) is 0 Å². The summed E-state index contributed by atoms with van der Waals surface area (Å²) in [6.07, 6.45) is 0. The molecular weight excluding hydrogens is 274 g/mol. The van der Waals surface area contributed by atoms with Crippen LogP contribution in [0.3, 0.4) is 0 Å². The fraction of sp³-hybridized carbons (Fsp3) is 0.929. The summed E-state index contributed by atoms with van der Waals surface area (Å²) in [5.74, 6) is -0.256. The Bertz CT molecular complexity index is 289. The number of nitrogens with zero attached hydrogens (tertiary/aromatic N) is 1. The third-order valence-electron chi connectivity index (χ3n) is 3.75. The van der Waals surface area contributed by atoms with Gasteiger partial charge in [-0.1, -0.05) is 20.8 Å². The predicted octanol–water partition coefficient (Wildman–Crippen LogP) is 1.87. The van der Waals surface area contributed by atoms with E-state index in [1.54, 1.807) is 6.92 Å². The van der Waals surface area contributed by atoms with Crippen LogP contribution in [-0.2, 0) is 14.0 Å². The van der Waals surface area contributed by atoms with Gasteiger partial charge in [0.05, 0.1) is 19.8 Å². The second-order valence-electron chi connectivity index (χ2n) is 6.41. The molecule has 0 aromatic rings. The highest BCUT2D eigenvalue weighted by atomic mass is 28.4. The van der Waals surface area contributed by atoms with E-state index in [9.17, 15) is 4.79 Å². The fourth-order valence-electron chi connectivity index (χ4n) is 1.45. The Morgan fingerprint density at radius 3 is 2.30 bits per heavy atom. The van der Waals surface area contributed by atoms with Crippen molar-refractivity contribution in [3.63, 3.8) is 0 Å². The van der Waals surface area contributed by atoms with Crippen molar-refractivity contribution < 1.29 is 19.1 Å². The smallest absolute Gasteiger partial charge is 0.320 e. The molecule has 0 fully saturated rings. The number of carbonyl (C=O) groups is 1. The summed E-state index contributed by atoms with van der Waals surface area (Å²) in [7, 11) is -1.76. The van der Waals surface area contributed by atoms with Crippen molar-refractivity contribution in [2.24, 2.45) is 0 Å². The van der Waals surface area contributed by atoms with Gasteiger partial charge in [-0.25, -0.2) is 0 Å². The largest absolute Gasteiger partial charge is 0.465 e. The highest BCUT2D eigenvalue weighted by Crippen LogP contribution is 2.36. The van der Waals surface area contributed by atoms with E-state index >= 15 is 0 Å². The van der Waals surface area contributed by atoms with E-state index in [4.69, 9.17) is 14.3 Å². The molecule has 0 saturated carbocycles. The molecule has 0 spiro atoms. The molecule has 6 heteroatoms. The van der Waals surface area contributed by atoms with Gasteiger partial charge in [0.15, 0.2) is 8.32 Å². The Morgan fingerprint density at radius 2 is 1.85 bits per heavy atom. The van der Waals surface area contributed by atoms with Crippen molar-refractivity contribution in [1.82, 2.24) is 4.90 Å². The molecule has 0 heterocycles. The second-order valence-corrected chi connectivity index (χ2v) is 11.2. The Kier molecular flexibility index (Phi) is 8.58. The molecule has 5 nitrogen and oxygen atoms in total. The van der Waals surface area contributed by atoms with Crippen LogP contribution in [0, 0.1) is 0 Å². The van der Waals surface area contributed by atoms with Gasteiger partial charge in [-0.2, -0.15) is 0 Å². The van der Waals surface area contributed by atoms with Crippen LogP contribution in [-0.4, -0.2) is 63.7 Å². The summed E-state index contributed by atoms with van der Waals surface area (Å²) in [6.45, 7) is 15.1. The molecule has 1 N–H and O–H groups in total. The lowest BCUT2D eigenvalue weighted by Gasteiger charge is -2.36. The van der Waals surface area contributed by atoms with E-state index < -0.39 is 8.32 Å². The van der Waals surface area contributed by atoms with E-state index in [1.165, 1.54) is 0 Å². The van der Waals surface area contributed by atoms with Crippen LogP contribution in [0.1, 0.15) is 27.7 Å². The first-order valence-electron chi connectivity index (χ1n) is 7.27. The number of rotatable bonds is 9. The highest BCUT2D eigenvalue weighted by molar-refractivity contribution is 6.74. The topological polar surface area (TPSA) is 59.0 Å². The minimum Gasteiger partial charge on any atom is -0.465 e. The maximum Gasteiger partial charge on any atom is 0.320 e. The summed E-state index contributed by atoms with van der Waals surface area (Å²) in [5.41, 5.74) is 0. The zero-order chi connectivity index (χ0) is 15.8. The number of hydrogen-bond donors (Lipinski definition) is 1. The molecular formula is C14H31NO4Si. The quantitative estimate of drug-likeness (QED) is 0.520. The molecule has 0 aliphatic carbocycles. The van der Waals surface area contributed by atoms with Gasteiger partial charge in [-0.05, 0) is 25.1 Å². The van der Waals surface area contributed by atoms with Gasteiger partial charge in [-0.15, -0.1) is 0 Å². The standard InChI is InChI=1S/C14H31NO4Si/c1-7-18-13(17)12-15(8-10-16)9-11-19-20(5,6)14(2,3)4/h16H,7-12H2,1-6H3. The van der Waals surface area contributed by atoms with Gasteiger partial charge >= 0.3 is 5.97 Å². The number of esters is 1. The molecule has 0 rings (SSSR count). The maximum absolute atomic E-state index is 11.5. The second kappa shape index (κ2) is 8.77. The average Bonchev–Trinajstić information content (AvgIpc) is 2.27. The minimum absolute atomic E-state index is 0.0273. The highest BCUT2D eigenvalue weighted by Gasteiger charge is 2.36. The van der Waals surface area contributed by atoms with Crippen molar-refractivity contribution in [2.45, 2.75) is 45.8 Å². The van der Waals surface area contributed by atoms with Crippen molar-refractivity contribution in [1.29, 1.82) is 0 Å². The molecule has 0 aliphatic rings. The van der Waals surface area contributed by atoms with Gasteiger partial charge < -0.3 is 14.3 Å². The molecule has 0 amide bonds. The SMILES string of the molecule is CCOC(=O)CN(CCO)CCO[Si](C)(C)C(C)(C)C. The summed E-state index contributed by atoms with van der Waals surface area (Å²) < 4.78 is 11.0. The van der Waals surface area contributed by atoms with Crippen LogP contribution >= 0.6 is 0 Å². The molecule has 0 unspecified atom stereocenters. The molecule has 0 aromatic carbocycles. The van der Waals surface area contributed by atoms with E-state index in [1.807, 2.05) is 4.90 Å². The van der Waals surface area contributed by atoms with Crippen LogP contribution in [0.5, 0.6) is 0 Å². The number of hydrogen-bond acceptors (Lipinski definition) is 5. The van der Waals surface area contributed by atoms with Crippen molar-refractivity contribution in [2.75, 3.05) is 39.5 Å². The number of ether oxygens (including phenoxy) is 1. The van der Waals surface area contributed by atoms with Gasteiger partial charge in [-0.3, -0.25) is 9.69 Å². The molecule has 0 aliphatic heterocycles. The summed E-state index contributed by atoms with van der Waals surface area (Å²) in [4.78, 5) is 13.3. The van der Waals surface area contributed by atoms with Gasteiger partial charge in [0.1, 0.15) is 0 Å². The normalized spacial score (nSPS) is 12.8. The van der Waals surface area contributed by atoms with Gasteiger partial charge in [0.25, 0.3) is 0 Å². The van der Waals surface area contributed by atoms with Crippen LogP contribution in [0.2, 0.25) is 18.1 Å². The van der Waals surface area contributed by atoms with Crippen LogP contribution in [0.15, 0.2) is 0 Å². The summed E-state index contributed by atoms with van der Waals surface area (Å²) in [6, 6.07) is 0. The Balaban J connectivity index is 4.25. The zero-order valence-electron chi connectivity index (χ0n) is 13.9. The Labute approximate surface area is 124 Å². The molecule has 0 bridgehead atoms. The number of aliphatic hydroxyl groups is 1. The lowest BCUT2D eigenvalue weighted by Crippen LogP contribution is -2.43. The fourth-order valence-corrected chi connectivity index (χ4v) is 2.48. The zero-order valence-corrected chi connectivity index (χ0v) is 14.9. The third-order valence-corrected chi connectivity index (χ3v) is 8.29. The molecule has 0 aromatic heterocycles. The first-order chi connectivity index (χ1) is 9.14. The molecule has 20 heavy (non-hydrogen) atoms. The van der Waals surface area contributed by atoms with E-state index in [-0.39, 0.29) is 24.2 Å². The first-order valence-corrected chi connectivity index (χ1v) is 10.2. The summed E-state index contributed by atoms with van der Waals surface area (Å²) >= 11 is 0. The van der Waals surface area contributed by atoms with Crippen molar-refractivity contribution in [3.8, 4) is 0 Å². The third kappa shape index (κ3) is 7.38. The van der Waals surface area contributed by atoms with Crippen LogP contribution in [0.25, 0.3) is 0 Å². The Hall–Kier alpha value is -0.433. The maximum atomic E-state index is 11.5. The number of aliphatic hydroxyl groups excluding tert-OH is 1. The summed E-state index contributed by atoms with van der Waals surface area (Å²) in [5, 5.41) is 9.22. The molecule has 0 saturated heterocycles. The average molecular weight is 305 g/mol. The lowest BCUT2D eigenvalue weighted by molar-refractivity contribution is -0.144.